The first-order chi connectivity index (χ1) is 10.5. The van der Waals surface area contributed by atoms with Gasteiger partial charge < -0.3 is 10.2 Å². The van der Waals surface area contributed by atoms with Crippen molar-refractivity contribution in [1.82, 2.24) is 10.4 Å². The van der Waals surface area contributed by atoms with Crippen LogP contribution in [0.2, 0.25) is 0 Å². The molecule has 1 fully saturated rings. The monoisotopic (exact) mass is 371 g/mol. The van der Waals surface area contributed by atoms with Gasteiger partial charge in [-0.2, -0.15) is 0 Å². The molecule has 1 aliphatic rings. The number of nitrogens with zero attached hydrogens (tertiary/aromatic N) is 2. The summed E-state index contributed by atoms with van der Waals surface area (Å²) in [5.74, 6) is -0.461. The van der Waals surface area contributed by atoms with E-state index < -0.39 is 15.2 Å². The van der Waals surface area contributed by atoms with Crippen molar-refractivity contribution in [1.29, 1.82) is 0 Å². The molecule has 1 saturated heterocycles. The van der Waals surface area contributed by atoms with Crippen molar-refractivity contribution in [2.45, 2.75) is 17.7 Å². The minimum Gasteiger partial charge on any atom is -0.366 e. The van der Waals surface area contributed by atoms with Crippen LogP contribution in [0.15, 0.2) is 24.3 Å². The molecule has 0 spiro atoms. The van der Waals surface area contributed by atoms with E-state index in [0.29, 0.717) is 25.1 Å². The molecule has 0 saturated carbocycles. The standard InChI is InChI=1S/C14H18BrN3O4/c1-2-14(15,11-4-3-5-12(10-11)18(20)21)13(19)22-17-8-6-16-7-9-17/h3-5,10,16H,2,6-9H2,1H3. The molecule has 1 heterocycles. The maximum Gasteiger partial charge on any atom is 0.346 e. The van der Waals surface area contributed by atoms with Crippen LogP contribution in [0.5, 0.6) is 0 Å². The Kier molecular flexibility index (Phi) is 5.49. The number of alkyl halides is 1. The van der Waals surface area contributed by atoms with Gasteiger partial charge in [0.05, 0.1) is 4.92 Å². The minimum absolute atomic E-state index is 0.0512. The first-order valence-corrected chi connectivity index (χ1v) is 7.88. The average molecular weight is 372 g/mol. The Hall–Kier alpha value is -1.51. The van der Waals surface area contributed by atoms with Crippen LogP contribution in [0.3, 0.4) is 0 Å². The number of rotatable bonds is 5. The molecule has 7 nitrogen and oxygen atoms in total. The summed E-state index contributed by atoms with van der Waals surface area (Å²) in [7, 11) is 0. The Labute approximate surface area is 136 Å². The fourth-order valence-corrected chi connectivity index (χ4v) is 2.58. The number of nitro benzene ring substituents is 1. The lowest BCUT2D eigenvalue weighted by atomic mass is 9.96. The van der Waals surface area contributed by atoms with Gasteiger partial charge in [0.15, 0.2) is 0 Å². The van der Waals surface area contributed by atoms with Crippen LogP contribution in [-0.2, 0) is 14.0 Å². The van der Waals surface area contributed by atoms with E-state index in [0.717, 1.165) is 13.1 Å². The third-order valence-electron chi connectivity index (χ3n) is 3.61. The average Bonchev–Trinajstić information content (AvgIpc) is 2.55. The number of carbonyl (C=O) groups excluding carboxylic acids is 1. The van der Waals surface area contributed by atoms with Gasteiger partial charge in [-0.15, -0.1) is 5.06 Å². The largest absolute Gasteiger partial charge is 0.366 e. The third-order valence-corrected chi connectivity index (χ3v) is 4.96. The molecule has 1 unspecified atom stereocenters. The van der Waals surface area contributed by atoms with Crippen molar-refractivity contribution in [2.24, 2.45) is 0 Å². The summed E-state index contributed by atoms with van der Waals surface area (Å²) < 4.78 is -1.09. The van der Waals surface area contributed by atoms with E-state index in [2.05, 4.69) is 21.2 Å². The molecular formula is C14H18BrN3O4. The third kappa shape index (κ3) is 3.63. The zero-order valence-corrected chi connectivity index (χ0v) is 13.8. The smallest absolute Gasteiger partial charge is 0.346 e. The highest BCUT2D eigenvalue weighted by molar-refractivity contribution is 9.10. The molecule has 22 heavy (non-hydrogen) atoms. The molecule has 1 N–H and O–H groups in total. The van der Waals surface area contributed by atoms with Gasteiger partial charge in [0.1, 0.15) is 4.32 Å². The number of nitro groups is 1. The van der Waals surface area contributed by atoms with Crippen LogP contribution in [0.4, 0.5) is 5.69 Å². The van der Waals surface area contributed by atoms with E-state index in [9.17, 15) is 14.9 Å². The van der Waals surface area contributed by atoms with Crippen molar-refractivity contribution in [3.8, 4) is 0 Å². The molecule has 0 aromatic heterocycles. The Morgan fingerprint density at radius 1 is 1.50 bits per heavy atom. The second-order valence-corrected chi connectivity index (χ2v) is 6.37. The Balaban J connectivity index is 2.21. The number of benzene rings is 1. The summed E-state index contributed by atoms with van der Waals surface area (Å²) in [6.45, 7) is 4.57. The summed E-state index contributed by atoms with van der Waals surface area (Å²) >= 11 is 3.43. The number of hydrogen-bond acceptors (Lipinski definition) is 6. The molecule has 120 valence electrons. The summed E-state index contributed by atoms with van der Waals surface area (Å²) in [6, 6.07) is 6.05. The molecule has 1 aliphatic heterocycles. The lowest BCUT2D eigenvalue weighted by Crippen LogP contribution is -2.46. The number of carbonyl (C=O) groups is 1. The number of halogens is 1. The highest BCUT2D eigenvalue weighted by Gasteiger charge is 2.39. The van der Waals surface area contributed by atoms with Gasteiger partial charge in [-0.25, -0.2) is 4.79 Å². The first kappa shape index (κ1) is 16.9. The highest BCUT2D eigenvalue weighted by Crippen LogP contribution is 2.37. The Bertz CT molecular complexity index is 563. The van der Waals surface area contributed by atoms with Crippen LogP contribution in [0, 0.1) is 10.1 Å². The van der Waals surface area contributed by atoms with Crippen molar-refractivity contribution in [3.63, 3.8) is 0 Å². The minimum atomic E-state index is -1.09. The van der Waals surface area contributed by atoms with E-state index in [1.807, 2.05) is 6.92 Å². The van der Waals surface area contributed by atoms with E-state index >= 15 is 0 Å². The number of nitrogens with one attached hydrogen (secondary N) is 1. The topological polar surface area (TPSA) is 84.7 Å². The fourth-order valence-electron chi connectivity index (χ4n) is 2.26. The van der Waals surface area contributed by atoms with E-state index in [1.54, 1.807) is 17.2 Å². The quantitative estimate of drug-likeness (QED) is 0.483. The normalized spacial score (nSPS) is 18.5. The van der Waals surface area contributed by atoms with E-state index in [1.165, 1.54) is 12.1 Å². The van der Waals surface area contributed by atoms with Crippen molar-refractivity contribution in [2.75, 3.05) is 26.2 Å². The zero-order valence-electron chi connectivity index (χ0n) is 12.3. The second kappa shape index (κ2) is 7.17. The molecule has 1 aromatic rings. The first-order valence-electron chi connectivity index (χ1n) is 7.09. The van der Waals surface area contributed by atoms with Crippen molar-refractivity contribution >= 4 is 27.6 Å². The van der Waals surface area contributed by atoms with Crippen molar-refractivity contribution in [3.05, 3.63) is 39.9 Å². The molecule has 1 atom stereocenters. The number of non-ortho nitro benzene ring substituents is 1. The van der Waals surface area contributed by atoms with Gasteiger partial charge in [0.2, 0.25) is 0 Å². The van der Waals surface area contributed by atoms with Crippen LogP contribution in [0.1, 0.15) is 18.9 Å². The maximum absolute atomic E-state index is 12.5. The van der Waals surface area contributed by atoms with Crippen LogP contribution in [0.25, 0.3) is 0 Å². The number of piperazine rings is 1. The van der Waals surface area contributed by atoms with Gasteiger partial charge in [0, 0.05) is 38.3 Å². The lowest BCUT2D eigenvalue weighted by Gasteiger charge is -2.30. The lowest BCUT2D eigenvalue weighted by molar-refractivity contribution is -0.384. The van der Waals surface area contributed by atoms with E-state index in [-0.39, 0.29) is 5.69 Å². The van der Waals surface area contributed by atoms with Gasteiger partial charge in [-0.1, -0.05) is 35.0 Å². The van der Waals surface area contributed by atoms with Gasteiger partial charge in [-0.05, 0) is 12.0 Å². The number of hydroxylamine groups is 2. The van der Waals surface area contributed by atoms with Gasteiger partial charge in [0.25, 0.3) is 5.69 Å². The summed E-state index contributed by atoms with van der Waals surface area (Å²) in [4.78, 5) is 28.4. The highest BCUT2D eigenvalue weighted by atomic mass is 79.9. The van der Waals surface area contributed by atoms with Crippen molar-refractivity contribution < 1.29 is 14.6 Å². The summed E-state index contributed by atoms with van der Waals surface area (Å²) in [5.41, 5.74) is 0.467. The molecular weight excluding hydrogens is 354 g/mol. The predicted octanol–water partition coefficient (Wildman–Crippen LogP) is 1.96. The fraction of sp³-hybridized carbons (Fsp3) is 0.500. The SMILES string of the molecule is CCC(Br)(C(=O)ON1CCNCC1)c1cccc([N+](=O)[O-])c1. The second-order valence-electron chi connectivity index (χ2n) is 5.02. The number of hydrogen-bond donors (Lipinski definition) is 1. The molecule has 0 bridgehead atoms. The summed E-state index contributed by atoms with van der Waals surface area (Å²) in [6.07, 6.45) is 0.416. The molecule has 0 amide bonds. The molecule has 0 aliphatic carbocycles. The van der Waals surface area contributed by atoms with Gasteiger partial charge in [-0.3, -0.25) is 10.1 Å². The maximum atomic E-state index is 12.5. The molecule has 2 rings (SSSR count). The molecule has 0 radical (unpaired) electrons. The van der Waals surface area contributed by atoms with Crippen LogP contribution in [-0.4, -0.2) is 42.1 Å². The Morgan fingerprint density at radius 3 is 2.77 bits per heavy atom. The molecule has 8 heteroatoms. The molecule has 1 aromatic carbocycles. The predicted molar refractivity (Wildman–Crippen MR) is 84.5 cm³/mol. The Morgan fingerprint density at radius 2 is 2.18 bits per heavy atom. The summed E-state index contributed by atoms with van der Waals surface area (Å²) in [5, 5.41) is 15.7. The zero-order chi connectivity index (χ0) is 16.2. The van der Waals surface area contributed by atoms with Crippen LogP contribution >= 0.6 is 15.9 Å². The van der Waals surface area contributed by atoms with Gasteiger partial charge >= 0.3 is 5.97 Å². The van der Waals surface area contributed by atoms with Crippen LogP contribution < -0.4 is 5.32 Å². The van der Waals surface area contributed by atoms with E-state index in [4.69, 9.17) is 4.84 Å².